The molecule has 0 amide bonds. The van der Waals surface area contributed by atoms with Crippen LogP contribution in [0.25, 0.3) is 0 Å². The van der Waals surface area contributed by atoms with Crippen molar-refractivity contribution in [2.24, 2.45) is 0 Å². The molecule has 0 aromatic heterocycles. The molecule has 0 saturated carbocycles. The minimum Gasteiger partial charge on any atom is -0.310 e. The summed E-state index contributed by atoms with van der Waals surface area (Å²) in [7, 11) is -7.68. The van der Waals surface area contributed by atoms with E-state index in [9.17, 15) is 69.9 Å². The zero-order chi connectivity index (χ0) is 26.6. The van der Waals surface area contributed by atoms with Crippen molar-refractivity contribution in [1.82, 2.24) is 5.32 Å². The van der Waals surface area contributed by atoms with Gasteiger partial charge in [0.15, 0.2) is 0 Å². The zero-order valence-corrected chi connectivity index (χ0v) is 15.8. The Morgan fingerprint density at radius 2 is 1.03 bits per heavy atom. The first-order valence-corrected chi connectivity index (χ1v) is 8.74. The van der Waals surface area contributed by atoms with Gasteiger partial charge in [-0.05, 0) is 0 Å². The van der Waals surface area contributed by atoms with Gasteiger partial charge in [-0.15, -0.1) is 13.2 Å². The number of hydrogen-bond donors (Lipinski definition) is 2. The summed E-state index contributed by atoms with van der Waals surface area (Å²) in [5.41, 5.74) is 0. The standard InChI is InChI=1S/C7H2F14O3S.C6H11N/c8-1(9)2(10,11)3(12,13)4(14,15)5(16,17)6(18,19)7(20,21)25(22,23)24;1-3-5-7-6-4-2/h1H,(H,22,23,24);3-4,7H,1-2,5-6H2. The molecule has 0 spiro atoms. The van der Waals surface area contributed by atoms with Crippen LogP contribution in [0.4, 0.5) is 61.5 Å². The van der Waals surface area contributed by atoms with Crippen LogP contribution in [0.2, 0.25) is 0 Å². The van der Waals surface area contributed by atoms with Crippen LogP contribution in [0.15, 0.2) is 25.3 Å². The second kappa shape index (κ2) is 10.1. The van der Waals surface area contributed by atoms with Gasteiger partial charge in [0.2, 0.25) is 0 Å². The molecule has 0 saturated heterocycles. The van der Waals surface area contributed by atoms with Crippen LogP contribution in [0.3, 0.4) is 0 Å². The lowest BCUT2D eigenvalue weighted by Crippen LogP contribution is -2.72. The SMILES string of the molecule is C=CCNCC=C.O=S(=O)(O)C(F)(F)C(F)(F)C(F)(F)C(F)(F)C(F)(F)C(F)(F)C(F)F. The molecule has 0 aliphatic rings. The van der Waals surface area contributed by atoms with Crippen molar-refractivity contribution in [2.45, 2.75) is 41.3 Å². The smallest absolute Gasteiger partial charge is 0.310 e. The van der Waals surface area contributed by atoms with Crippen molar-refractivity contribution in [3.63, 3.8) is 0 Å². The Bertz CT molecular complexity index is 743. The van der Waals surface area contributed by atoms with Crippen LogP contribution in [-0.2, 0) is 10.1 Å². The fraction of sp³-hybridized carbons (Fsp3) is 0.692. The maximum Gasteiger partial charge on any atom is 0.438 e. The lowest BCUT2D eigenvalue weighted by Gasteiger charge is -2.40. The summed E-state index contributed by atoms with van der Waals surface area (Å²) in [6, 6.07) is 0. The van der Waals surface area contributed by atoms with E-state index in [-0.39, 0.29) is 0 Å². The minimum atomic E-state index is -8.36. The van der Waals surface area contributed by atoms with Crippen LogP contribution in [0.1, 0.15) is 0 Å². The van der Waals surface area contributed by atoms with Gasteiger partial charge >= 0.3 is 51.4 Å². The number of rotatable bonds is 11. The minimum absolute atomic E-state index is 0.867. The van der Waals surface area contributed by atoms with Gasteiger partial charge in [-0.3, -0.25) is 4.55 Å². The van der Waals surface area contributed by atoms with Crippen molar-refractivity contribution in [3.8, 4) is 0 Å². The third-order valence-corrected chi connectivity index (χ3v) is 4.05. The summed E-state index contributed by atoms with van der Waals surface area (Å²) in [4.78, 5) is 0. The molecule has 0 bridgehead atoms. The first-order chi connectivity index (χ1) is 13.9. The molecule has 0 radical (unpaired) electrons. The van der Waals surface area contributed by atoms with Gasteiger partial charge < -0.3 is 5.32 Å². The number of hydrogen-bond acceptors (Lipinski definition) is 3. The molecule has 0 rings (SSSR count). The van der Waals surface area contributed by atoms with E-state index in [2.05, 4.69) is 18.5 Å². The molecule has 0 unspecified atom stereocenters. The highest BCUT2D eigenvalue weighted by molar-refractivity contribution is 7.87. The lowest BCUT2D eigenvalue weighted by molar-refractivity contribution is -0.425. The van der Waals surface area contributed by atoms with E-state index in [0.29, 0.717) is 0 Å². The van der Waals surface area contributed by atoms with Crippen LogP contribution < -0.4 is 5.32 Å². The fourth-order valence-corrected chi connectivity index (χ4v) is 1.83. The lowest BCUT2D eigenvalue weighted by atomic mass is 9.94. The molecule has 0 atom stereocenters. The molecule has 0 aliphatic carbocycles. The van der Waals surface area contributed by atoms with Gasteiger partial charge in [0.05, 0.1) is 0 Å². The Morgan fingerprint density at radius 1 is 0.719 bits per heavy atom. The Labute approximate surface area is 170 Å². The third-order valence-electron chi connectivity index (χ3n) is 3.14. The van der Waals surface area contributed by atoms with Crippen molar-refractivity contribution in [2.75, 3.05) is 13.1 Å². The predicted octanol–water partition coefficient (Wildman–Crippen LogP) is 4.86. The summed E-state index contributed by atoms with van der Waals surface area (Å²) in [5, 5.41) is -4.55. The number of halogens is 14. The van der Waals surface area contributed by atoms with Crippen molar-refractivity contribution < 1.29 is 74.4 Å². The molecular formula is C13H13F14NO3S. The van der Waals surface area contributed by atoms with Crippen LogP contribution in [0, 0.1) is 0 Å². The average Bonchev–Trinajstić information content (AvgIpc) is 2.60. The topological polar surface area (TPSA) is 66.4 Å². The quantitative estimate of drug-likeness (QED) is 0.174. The molecule has 0 aromatic carbocycles. The Hall–Kier alpha value is -1.63. The van der Waals surface area contributed by atoms with Crippen LogP contribution >= 0.6 is 0 Å². The van der Waals surface area contributed by atoms with Gasteiger partial charge in [0.25, 0.3) is 0 Å². The van der Waals surface area contributed by atoms with Crippen molar-refractivity contribution in [3.05, 3.63) is 25.3 Å². The Balaban J connectivity index is 0. The second-order valence-corrected chi connectivity index (χ2v) is 6.91. The Kier molecular flexibility index (Phi) is 10.3. The molecule has 0 aromatic rings. The van der Waals surface area contributed by atoms with E-state index in [4.69, 9.17) is 4.55 Å². The average molecular weight is 529 g/mol. The highest BCUT2D eigenvalue weighted by Crippen LogP contribution is 2.61. The molecule has 4 nitrogen and oxygen atoms in total. The molecular weight excluding hydrogens is 516 g/mol. The summed E-state index contributed by atoms with van der Waals surface area (Å²) in [5.74, 6) is -40.3. The van der Waals surface area contributed by atoms with Gasteiger partial charge in [-0.1, -0.05) is 12.2 Å². The van der Waals surface area contributed by atoms with E-state index in [1.807, 2.05) is 12.2 Å². The third kappa shape index (κ3) is 5.46. The van der Waals surface area contributed by atoms with Crippen molar-refractivity contribution in [1.29, 1.82) is 0 Å². The monoisotopic (exact) mass is 529 g/mol. The normalized spacial score (nSPS) is 14.6. The largest absolute Gasteiger partial charge is 0.438 e. The highest BCUT2D eigenvalue weighted by atomic mass is 32.2. The van der Waals surface area contributed by atoms with Gasteiger partial charge in [0, 0.05) is 13.1 Å². The predicted molar refractivity (Wildman–Crippen MR) is 80.5 cm³/mol. The molecule has 0 fully saturated rings. The van der Waals surface area contributed by atoms with E-state index in [0.717, 1.165) is 13.1 Å². The first kappa shape index (κ1) is 32.5. The number of nitrogens with one attached hydrogen (secondary N) is 1. The van der Waals surface area contributed by atoms with E-state index in [1.165, 1.54) is 0 Å². The van der Waals surface area contributed by atoms with Crippen LogP contribution in [-0.4, -0.2) is 67.4 Å². The zero-order valence-electron chi connectivity index (χ0n) is 15.0. The van der Waals surface area contributed by atoms with Gasteiger partial charge in [0.1, 0.15) is 0 Å². The van der Waals surface area contributed by atoms with Gasteiger partial charge in [-0.25, -0.2) is 8.78 Å². The number of alkyl halides is 14. The maximum absolute atomic E-state index is 12.9. The molecule has 192 valence electrons. The van der Waals surface area contributed by atoms with E-state index >= 15 is 0 Å². The summed E-state index contributed by atoms with van der Waals surface area (Å²) < 4.78 is 203. The first-order valence-electron chi connectivity index (χ1n) is 7.30. The van der Waals surface area contributed by atoms with Crippen LogP contribution in [0.5, 0.6) is 0 Å². The Morgan fingerprint density at radius 3 is 1.28 bits per heavy atom. The summed E-state index contributed by atoms with van der Waals surface area (Å²) in [6.45, 7) is 8.81. The summed E-state index contributed by atoms with van der Waals surface area (Å²) in [6.07, 6.45) is -2.20. The van der Waals surface area contributed by atoms with Gasteiger partial charge in [-0.2, -0.15) is 61.1 Å². The maximum atomic E-state index is 12.9. The second-order valence-electron chi connectivity index (χ2n) is 5.45. The molecule has 0 aliphatic heterocycles. The van der Waals surface area contributed by atoms with E-state index in [1.54, 1.807) is 0 Å². The molecule has 0 heterocycles. The molecule has 32 heavy (non-hydrogen) atoms. The molecule has 19 heteroatoms. The summed E-state index contributed by atoms with van der Waals surface area (Å²) >= 11 is 0. The highest BCUT2D eigenvalue weighted by Gasteiger charge is 2.92. The fourth-order valence-electron chi connectivity index (χ4n) is 1.37. The van der Waals surface area contributed by atoms with Crippen molar-refractivity contribution >= 4 is 10.1 Å². The molecule has 2 N–H and O–H groups in total. The van der Waals surface area contributed by atoms with E-state index < -0.39 is 51.4 Å².